The molecule has 33 nitrogen and oxygen atoms in total. The Labute approximate surface area is 542 Å². The minimum atomic E-state index is -1.49. The van der Waals surface area contributed by atoms with Crippen LogP contribution in [0.15, 0.2) is 0 Å². The maximum Gasteiger partial charge on any atom is 0.243 e. The summed E-state index contributed by atoms with van der Waals surface area (Å²) in [4.78, 5) is 114. The summed E-state index contributed by atoms with van der Waals surface area (Å²) < 4.78 is 34.0. The van der Waals surface area contributed by atoms with E-state index >= 15 is 0 Å². The Kier molecular flexibility index (Phi) is 40.4. The summed E-state index contributed by atoms with van der Waals surface area (Å²) in [6, 6.07) is -5.45. The fraction of sp³-hybridized carbons (Fsp3) is 0.850. The predicted octanol–water partition coefficient (Wildman–Crippen LogP) is -4.75. The van der Waals surface area contributed by atoms with E-state index in [1.54, 1.807) is 0 Å². The molecule has 0 aromatic carbocycles. The van der Waals surface area contributed by atoms with Crippen molar-refractivity contribution in [2.45, 2.75) is 266 Å². The summed E-state index contributed by atoms with van der Waals surface area (Å²) in [5.74, 6) is -3.95. The normalized spacial score (nSPS) is 26.8. The second-order valence-electron chi connectivity index (χ2n) is 23.8. The first-order valence-corrected chi connectivity index (χ1v) is 32.6. The van der Waals surface area contributed by atoms with Gasteiger partial charge in [-0.2, -0.15) is 0 Å². The lowest BCUT2D eigenvalue weighted by Crippen LogP contribution is -2.64. The van der Waals surface area contributed by atoms with Crippen LogP contribution >= 0.6 is 0 Å². The lowest BCUT2D eigenvalue weighted by Gasteiger charge is -2.42. The molecule has 0 saturated carbocycles. The fourth-order valence-electron chi connectivity index (χ4n) is 10.7. The van der Waals surface area contributed by atoms with Crippen molar-refractivity contribution in [2.24, 2.45) is 5.73 Å². The molecule has 3 aliphatic rings. The molecule has 0 bridgehead atoms. The maximum absolute atomic E-state index is 14.2. The van der Waals surface area contributed by atoms with Crippen molar-refractivity contribution in [3.05, 3.63) is 0 Å². The topological polar surface area (TPSA) is 513 Å². The van der Waals surface area contributed by atoms with Crippen LogP contribution in [-0.4, -0.2) is 262 Å². The lowest BCUT2D eigenvalue weighted by atomic mass is 9.97. The third-order valence-corrected chi connectivity index (χ3v) is 15.9. The van der Waals surface area contributed by atoms with Gasteiger partial charge in [-0.05, 0) is 89.9 Å². The van der Waals surface area contributed by atoms with Gasteiger partial charge >= 0.3 is 0 Å². The molecule has 0 aromatic rings. The Balaban J connectivity index is 1.57. The zero-order valence-electron chi connectivity index (χ0n) is 54.0. The minimum Gasteiger partial charge on any atom is -0.394 e. The standard InChI is InChI=1S/C60H107N9O24/c1-35(73)65-47-53(83)50(80)40(32-70)91-58(47)88-29-17-5-9-23-44(77)62-26-15-12-20-38(56(86)64-28-14-4-8-22-43(61)76)69-57(87)39(68-46(79)25-11-7-19-31-90-60-49(67-37(3)75)55(85)52(82)42(34-72)93-60)21-13-16-27-63-45(78)24-10-6-18-30-89-59-48(66-36(2)74)54(84)51(81)41(33-71)92-59/h38-42,47-55,58-60,70-72,80-85H,4-34H2,1-3H3,(H2,61,76)(H,62,77)(H,63,78)(H,64,86)(H,65,73)(H,66,74)(H,67,75)(H,68,79)(H,69,87)/t38?,39?,40?,41?,42?,47-,48-,49-,50-,51-,52-,53?,54?,55?,58+,59+,60+/m0/s1. The number of hydrogen-bond donors (Lipinski definition) is 18. The highest BCUT2D eigenvalue weighted by Gasteiger charge is 2.48. The number of rotatable bonds is 47. The number of unbranched alkanes of at least 4 members (excludes halogenated alkanes) is 10. The number of primary amides is 1. The summed E-state index contributed by atoms with van der Waals surface area (Å²) >= 11 is 0. The van der Waals surface area contributed by atoms with Crippen LogP contribution in [0.5, 0.6) is 0 Å². The smallest absolute Gasteiger partial charge is 0.243 e. The maximum atomic E-state index is 14.2. The quantitative estimate of drug-likeness (QED) is 0.0254. The summed E-state index contributed by atoms with van der Waals surface area (Å²) in [5.41, 5.74) is 5.27. The summed E-state index contributed by atoms with van der Waals surface area (Å²) in [6.07, 6.45) is -7.27. The molecule has 3 aliphatic heterocycles. The van der Waals surface area contributed by atoms with Crippen LogP contribution in [0.2, 0.25) is 0 Å². The van der Waals surface area contributed by atoms with Crippen molar-refractivity contribution in [1.82, 2.24) is 42.5 Å². The van der Waals surface area contributed by atoms with Gasteiger partial charge in [0.25, 0.3) is 0 Å². The summed E-state index contributed by atoms with van der Waals surface area (Å²) in [6.45, 7) is 2.97. The van der Waals surface area contributed by atoms with E-state index in [1.807, 2.05) is 0 Å². The van der Waals surface area contributed by atoms with E-state index < -0.39 is 165 Å². The Hall–Kier alpha value is -5.37. The van der Waals surface area contributed by atoms with Crippen molar-refractivity contribution < 1.29 is 118 Å². The van der Waals surface area contributed by atoms with Gasteiger partial charge in [0.2, 0.25) is 53.2 Å². The molecule has 8 unspecified atom stereocenters. The van der Waals surface area contributed by atoms with E-state index in [4.69, 9.17) is 34.2 Å². The molecular weight excluding hydrogens is 1230 g/mol. The molecule has 0 spiro atoms. The highest BCUT2D eigenvalue weighted by atomic mass is 16.7. The van der Waals surface area contributed by atoms with Gasteiger partial charge in [-0.3, -0.25) is 43.2 Å². The van der Waals surface area contributed by atoms with Crippen LogP contribution in [0.4, 0.5) is 0 Å². The molecule has 93 heavy (non-hydrogen) atoms. The molecule has 0 aliphatic carbocycles. The molecule has 33 heteroatoms. The zero-order valence-corrected chi connectivity index (χ0v) is 54.0. The Morgan fingerprint density at radius 2 is 0.710 bits per heavy atom. The van der Waals surface area contributed by atoms with E-state index in [-0.39, 0.29) is 89.8 Å². The van der Waals surface area contributed by atoms with Gasteiger partial charge in [-0.25, -0.2) is 0 Å². The van der Waals surface area contributed by atoms with Gasteiger partial charge in [0.05, 0.1) is 19.8 Å². The van der Waals surface area contributed by atoms with E-state index in [0.29, 0.717) is 103 Å². The molecule has 3 fully saturated rings. The molecule has 9 amide bonds. The second-order valence-corrected chi connectivity index (χ2v) is 23.8. The zero-order chi connectivity index (χ0) is 68.8. The largest absolute Gasteiger partial charge is 0.394 e. The predicted molar refractivity (Wildman–Crippen MR) is 328 cm³/mol. The van der Waals surface area contributed by atoms with Crippen molar-refractivity contribution >= 4 is 53.2 Å². The van der Waals surface area contributed by atoms with Crippen molar-refractivity contribution in [3.8, 4) is 0 Å². The number of amides is 9. The molecule has 536 valence electrons. The molecule has 3 rings (SSSR count). The fourth-order valence-corrected chi connectivity index (χ4v) is 10.7. The third kappa shape index (κ3) is 31.4. The van der Waals surface area contributed by atoms with Crippen LogP contribution in [0, 0.1) is 0 Å². The van der Waals surface area contributed by atoms with E-state index in [9.17, 15) is 89.1 Å². The average molecular weight is 1340 g/mol. The number of nitrogens with one attached hydrogen (secondary N) is 8. The number of nitrogens with two attached hydrogens (primary N) is 1. The summed E-state index contributed by atoms with van der Waals surface area (Å²) in [5, 5.41) is 113. The highest BCUT2D eigenvalue weighted by Crippen LogP contribution is 2.26. The van der Waals surface area contributed by atoms with Gasteiger partial charge in [0, 0.05) is 85.9 Å². The van der Waals surface area contributed by atoms with Gasteiger partial charge < -0.3 is 123 Å². The van der Waals surface area contributed by atoms with Crippen LogP contribution < -0.4 is 48.3 Å². The van der Waals surface area contributed by atoms with Gasteiger partial charge in [-0.15, -0.1) is 0 Å². The Morgan fingerprint density at radius 3 is 1.06 bits per heavy atom. The molecule has 19 N–H and O–H groups in total. The SMILES string of the molecule is CC(=O)N[C@H]1C(O)[C@@H](O)C(CO)O[C@H]1OCCCCCC(=O)NCCCCC(NC(=O)CCCCCO[C@@H]1OC(CO)[C@H](O)C(O)[C@@H]1NC(C)=O)C(=O)NC(CCCCNC(=O)CCCCCO[C@@H]1OC(CO)[C@H](O)C(O)[C@@H]1NC(C)=O)C(=O)NCCCCCC(N)=O. The van der Waals surface area contributed by atoms with E-state index in [1.165, 1.54) is 20.8 Å². The van der Waals surface area contributed by atoms with Crippen LogP contribution in [-0.2, 0) is 71.6 Å². The Morgan fingerprint density at radius 1 is 0.387 bits per heavy atom. The molecular formula is C60H107N9O24. The molecule has 0 radical (unpaired) electrons. The third-order valence-electron chi connectivity index (χ3n) is 15.9. The molecule has 3 saturated heterocycles. The van der Waals surface area contributed by atoms with Gasteiger partial charge in [0.15, 0.2) is 18.9 Å². The van der Waals surface area contributed by atoms with Crippen LogP contribution in [0.25, 0.3) is 0 Å². The van der Waals surface area contributed by atoms with E-state index in [0.717, 1.165) is 0 Å². The first-order chi connectivity index (χ1) is 44.4. The molecule has 17 atom stereocenters. The number of aliphatic hydroxyl groups excluding tert-OH is 9. The number of carbonyl (C=O) groups is 9. The number of hydrogen-bond acceptors (Lipinski definition) is 24. The summed E-state index contributed by atoms with van der Waals surface area (Å²) in [7, 11) is 0. The van der Waals surface area contributed by atoms with Crippen LogP contribution in [0.1, 0.15) is 162 Å². The van der Waals surface area contributed by atoms with Crippen LogP contribution in [0.3, 0.4) is 0 Å². The van der Waals surface area contributed by atoms with Gasteiger partial charge in [-0.1, -0.05) is 25.7 Å². The van der Waals surface area contributed by atoms with Crippen molar-refractivity contribution in [3.63, 3.8) is 0 Å². The highest BCUT2D eigenvalue weighted by molar-refractivity contribution is 5.92. The molecule has 3 heterocycles. The second kappa shape index (κ2) is 45.9. The first-order valence-electron chi connectivity index (χ1n) is 32.6. The number of aliphatic hydroxyl groups is 9. The van der Waals surface area contributed by atoms with Crippen molar-refractivity contribution in [1.29, 1.82) is 0 Å². The van der Waals surface area contributed by atoms with E-state index in [2.05, 4.69) is 42.5 Å². The monoisotopic (exact) mass is 1340 g/mol. The first kappa shape index (κ1) is 81.9. The lowest BCUT2D eigenvalue weighted by molar-refractivity contribution is -0.270. The minimum absolute atomic E-state index is 0.0108. The molecule has 0 aromatic heterocycles. The number of carbonyl (C=O) groups excluding carboxylic acids is 9. The Bertz CT molecular complexity index is 2250. The number of ether oxygens (including phenoxy) is 6. The van der Waals surface area contributed by atoms with Gasteiger partial charge in [0.1, 0.15) is 85.1 Å². The van der Waals surface area contributed by atoms with Crippen molar-refractivity contribution in [2.75, 3.05) is 59.3 Å². The average Bonchev–Trinajstić information content (AvgIpc) is 0.891.